The highest BCUT2D eigenvalue weighted by molar-refractivity contribution is 6.31. The summed E-state index contributed by atoms with van der Waals surface area (Å²) in [5.41, 5.74) is 3.48. The van der Waals surface area contributed by atoms with E-state index >= 15 is 0 Å². The lowest BCUT2D eigenvalue weighted by molar-refractivity contribution is 0.0935. The summed E-state index contributed by atoms with van der Waals surface area (Å²) in [6, 6.07) is 5.85. The smallest absolute Gasteiger partial charge is 0.255 e. The van der Waals surface area contributed by atoms with Gasteiger partial charge in [0, 0.05) is 11.2 Å². The predicted molar refractivity (Wildman–Crippen MR) is 81.5 cm³/mol. The number of rotatable bonds is 2. The standard InChI is InChI=1S/C16H16ClN3O/c1-9-13(8-18-10(2)19-9)16(21)20-15-7-6-11-12(15)4-3-5-14(11)17/h3-5,8,15H,6-7H2,1-2H3,(H,20,21). The number of amides is 1. The fraction of sp³-hybridized carbons (Fsp3) is 0.312. The van der Waals surface area contributed by atoms with Crippen molar-refractivity contribution in [3.8, 4) is 0 Å². The van der Waals surface area contributed by atoms with Crippen molar-refractivity contribution in [3.63, 3.8) is 0 Å². The Bertz CT molecular complexity index is 715. The zero-order chi connectivity index (χ0) is 15.0. The van der Waals surface area contributed by atoms with Crippen LogP contribution in [0.4, 0.5) is 0 Å². The number of nitrogens with zero attached hydrogens (tertiary/aromatic N) is 2. The fourth-order valence-electron chi connectivity index (χ4n) is 2.80. The van der Waals surface area contributed by atoms with Gasteiger partial charge in [-0.15, -0.1) is 0 Å². The van der Waals surface area contributed by atoms with Crippen LogP contribution >= 0.6 is 11.6 Å². The van der Waals surface area contributed by atoms with Crippen molar-refractivity contribution in [2.75, 3.05) is 0 Å². The number of carbonyl (C=O) groups excluding carboxylic acids is 1. The molecule has 0 radical (unpaired) electrons. The van der Waals surface area contributed by atoms with Gasteiger partial charge in [-0.3, -0.25) is 4.79 Å². The van der Waals surface area contributed by atoms with E-state index in [0.29, 0.717) is 17.1 Å². The van der Waals surface area contributed by atoms with Crippen LogP contribution in [0.25, 0.3) is 0 Å². The minimum atomic E-state index is -0.134. The number of aromatic nitrogens is 2. The summed E-state index contributed by atoms with van der Waals surface area (Å²) in [4.78, 5) is 20.7. The number of fused-ring (bicyclic) bond motifs is 1. The van der Waals surface area contributed by atoms with Gasteiger partial charge in [0.1, 0.15) is 5.82 Å². The molecule has 1 unspecified atom stereocenters. The topological polar surface area (TPSA) is 54.9 Å². The lowest BCUT2D eigenvalue weighted by Gasteiger charge is -2.15. The molecule has 1 heterocycles. The van der Waals surface area contributed by atoms with Gasteiger partial charge >= 0.3 is 0 Å². The second-order valence-electron chi connectivity index (χ2n) is 5.29. The van der Waals surface area contributed by atoms with E-state index in [0.717, 1.165) is 29.0 Å². The quantitative estimate of drug-likeness (QED) is 0.927. The summed E-state index contributed by atoms with van der Waals surface area (Å²) < 4.78 is 0. The Morgan fingerprint density at radius 1 is 1.38 bits per heavy atom. The molecule has 0 aliphatic heterocycles. The van der Waals surface area contributed by atoms with Crippen LogP contribution in [-0.4, -0.2) is 15.9 Å². The van der Waals surface area contributed by atoms with Crippen molar-refractivity contribution in [1.82, 2.24) is 15.3 Å². The minimum absolute atomic E-state index is 0.00639. The first-order valence-electron chi connectivity index (χ1n) is 6.94. The molecule has 4 nitrogen and oxygen atoms in total. The molecule has 1 aliphatic carbocycles. The predicted octanol–water partition coefficient (Wildman–Crippen LogP) is 3.16. The molecule has 1 aliphatic rings. The maximum Gasteiger partial charge on any atom is 0.255 e. The molecule has 0 bridgehead atoms. The lowest BCUT2D eigenvalue weighted by atomic mass is 10.1. The average molecular weight is 302 g/mol. The van der Waals surface area contributed by atoms with E-state index < -0.39 is 0 Å². The highest BCUT2D eigenvalue weighted by atomic mass is 35.5. The van der Waals surface area contributed by atoms with Crippen molar-refractivity contribution in [3.05, 3.63) is 57.6 Å². The minimum Gasteiger partial charge on any atom is -0.345 e. The number of carbonyl (C=O) groups is 1. The van der Waals surface area contributed by atoms with Gasteiger partial charge in [-0.2, -0.15) is 0 Å². The molecule has 0 spiro atoms. The number of hydrogen-bond donors (Lipinski definition) is 1. The molecule has 2 aromatic rings. The van der Waals surface area contributed by atoms with Crippen molar-refractivity contribution >= 4 is 17.5 Å². The van der Waals surface area contributed by atoms with Crippen LogP contribution in [0.5, 0.6) is 0 Å². The lowest BCUT2D eigenvalue weighted by Crippen LogP contribution is -2.28. The van der Waals surface area contributed by atoms with Crippen LogP contribution in [0.3, 0.4) is 0 Å². The summed E-state index contributed by atoms with van der Waals surface area (Å²) in [6.07, 6.45) is 3.35. The van der Waals surface area contributed by atoms with E-state index in [2.05, 4.69) is 15.3 Å². The Morgan fingerprint density at radius 3 is 2.95 bits per heavy atom. The van der Waals surface area contributed by atoms with Crippen molar-refractivity contribution in [2.24, 2.45) is 0 Å². The molecular formula is C16H16ClN3O. The Hall–Kier alpha value is -1.94. The van der Waals surface area contributed by atoms with Crippen LogP contribution in [0.2, 0.25) is 5.02 Å². The molecule has 1 amide bonds. The van der Waals surface area contributed by atoms with E-state index in [1.54, 1.807) is 6.20 Å². The normalized spacial score (nSPS) is 16.6. The summed E-state index contributed by atoms with van der Waals surface area (Å²) in [5, 5.41) is 3.84. The number of aryl methyl sites for hydroxylation is 2. The monoisotopic (exact) mass is 301 g/mol. The first kappa shape index (κ1) is 14.0. The molecule has 1 atom stereocenters. The van der Waals surface area contributed by atoms with Gasteiger partial charge in [-0.05, 0) is 43.9 Å². The highest BCUT2D eigenvalue weighted by Gasteiger charge is 2.26. The maximum absolute atomic E-state index is 12.4. The van der Waals surface area contributed by atoms with E-state index in [-0.39, 0.29) is 11.9 Å². The largest absolute Gasteiger partial charge is 0.345 e. The van der Waals surface area contributed by atoms with Gasteiger partial charge in [0.15, 0.2) is 0 Å². The number of benzene rings is 1. The number of nitrogens with one attached hydrogen (secondary N) is 1. The van der Waals surface area contributed by atoms with Crippen LogP contribution < -0.4 is 5.32 Å². The number of hydrogen-bond acceptors (Lipinski definition) is 3. The Balaban J connectivity index is 1.83. The molecule has 1 N–H and O–H groups in total. The molecular weight excluding hydrogens is 286 g/mol. The van der Waals surface area contributed by atoms with Crippen molar-refractivity contribution < 1.29 is 4.79 Å². The Kier molecular flexibility index (Phi) is 3.64. The highest BCUT2D eigenvalue weighted by Crippen LogP contribution is 2.35. The maximum atomic E-state index is 12.4. The molecule has 0 saturated heterocycles. The third kappa shape index (κ3) is 2.63. The van der Waals surface area contributed by atoms with Gasteiger partial charge in [0.25, 0.3) is 5.91 Å². The summed E-state index contributed by atoms with van der Waals surface area (Å²) in [5.74, 6) is 0.535. The molecule has 0 fully saturated rings. The SMILES string of the molecule is Cc1ncc(C(=O)NC2CCc3c(Cl)cccc32)c(C)n1. The third-order valence-electron chi connectivity index (χ3n) is 3.86. The fourth-order valence-corrected chi connectivity index (χ4v) is 3.08. The van der Waals surface area contributed by atoms with Crippen LogP contribution in [0, 0.1) is 13.8 Å². The molecule has 1 aromatic heterocycles. The molecule has 108 valence electrons. The average Bonchev–Trinajstić information content (AvgIpc) is 2.83. The molecule has 1 aromatic carbocycles. The zero-order valence-corrected chi connectivity index (χ0v) is 12.7. The van der Waals surface area contributed by atoms with Crippen molar-refractivity contribution in [1.29, 1.82) is 0 Å². The molecule has 0 saturated carbocycles. The zero-order valence-electron chi connectivity index (χ0n) is 12.0. The first-order valence-corrected chi connectivity index (χ1v) is 7.32. The second-order valence-corrected chi connectivity index (χ2v) is 5.70. The van der Waals surface area contributed by atoms with Crippen LogP contribution in [0.1, 0.15) is 45.5 Å². The number of halogens is 1. The first-order chi connectivity index (χ1) is 10.1. The van der Waals surface area contributed by atoms with Gasteiger partial charge < -0.3 is 5.32 Å². The van der Waals surface area contributed by atoms with Crippen molar-refractivity contribution in [2.45, 2.75) is 32.7 Å². The Labute approximate surface area is 128 Å². The van der Waals surface area contributed by atoms with E-state index in [9.17, 15) is 4.79 Å². The van der Waals surface area contributed by atoms with Gasteiger partial charge in [0.05, 0.1) is 17.3 Å². The second kappa shape index (κ2) is 5.45. The van der Waals surface area contributed by atoms with E-state index in [1.807, 2.05) is 32.0 Å². The van der Waals surface area contributed by atoms with Crippen LogP contribution in [0.15, 0.2) is 24.4 Å². The van der Waals surface area contributed by atoms with E-state index in [1.165, 1.54) is 0 Å². The third-order valence-corrected chi connectivity index (χ3v) is 4.22. The van der Waals surface area contributed by atoms with Crippen LogP contribution in [-0.2, 0) is 6.42 Å². The summed E-state index contributed by atoms with van der Waals surface area (Å²) in [6.45, 7) is 3.63. The molecule has 21 heavy (non-hydrogen) atoms. The Morgan fingerprint density at radius 2 is 2.19 bits per heavy atom. The van der Waals surface area contributed by atoms with Gasteiger partial charge in [-0.1, -0.05) is 23.7 Å². The van der Waals surface area contributed by atoms with Gasteiger partial charge in [-0.25, -0.2) is 9.97 Å². The van der Waals surface area contributed by atoms with E-state index in [4.69, 9.17) is 11.6 Å². The molecule has 3 rings (SSSR count). The summed E-state index contributed by atoms with van der Waals surface area (Å²) >= 11 is 6.20. The van der Waals surface area contributed by atoms with Gasteiger partial charge in [0.2, 0.25) is 0 Å². The molecule has 5 heteroatoms. The summed E-state index contributed by atoms with van der Waals surface area (Å²) in [7, 11) is 0.